The lowest BCUT2D eigenvalue weighted by Crippen LogP contribution is -2.29. The van der Waals surface area contributed by atoms with Gasteiger partial charge in [-0.1, -0.05) is 12.8 Å². The van der Waals surface area contributed by atoms with Crippen molar-refractivity contribution in [2.75, 3.05) is 0 Å². The van der Waals surface area contributed by atoms with Crippen LogP contribution in [0.4, 0.5) is 0 Å². The van der Waals surface area contributed by atoms with E-state index in [9.17, 15) is 0 Å². The summed E-state index contributed by atoms with van der Waals surface area (Å²) in [5, 5.41) is 4.18. The molecule has 0 aliphatic carbocycles. The van der Waals surface area contributed by atoms with Crippen molar-refractivity contribution in [1.29, 1.82) is 0 Å². The van der Waals surface area contributed by atoms with Crippen LogP contribution in [0.5, 0.6) is 0 Å². The van der Waals surface area contributed by atoms with Crippen LogP contribution in [0.2, 0.25) is 0 Å². The molecule has 0 aliphatic heterocycles. The summed E-state index contributed by atoms with van der Waals surface area (Å²) >= 11 is 0. The van der Waals surface area contributed by atoms with Crippen molar-refractivity contribution in [2.24, 2.45) is 5.73 Å². The Morgan fingerprint density at radius 1 is 1.57 bits per heavy atom. The van der Waals surface area contributed by atoms with E-state index in [1.54, 1.807) is 6.20 Å². The van der Waals surface area contributed by atoms with Gasteiger partial charge in [0.15, 0.2) is 0 Å². The van der Waals surface area contributed by atoms with Gasteiger partial charge >= 0.3 is 0 Å². The van der Waals surface area contributed by atoms with Gasteiger partial charge in [-0.25, -0.2) is 0 Å². The fourth-order valence-electron chi connectivity index (χ4n) is 1.05. The molecule has 0 saturated carbocycles. The second kappa shape index (κ2) is 4.30. The summed E-state index contributed by atoms with van der Waals surface area (Å²) < 4.78 is 1.90. The van der Waals surface area contributed by atoms with Gasteiger partial charge in [0.2, 0.25) is 0 Å². The lowest BCUT2D eigenvalue weighted by atomic mass is 10.1. The van der Waals surface area contributed by atoms with Crippen molar-refractivity contribution < 1.29 is 0 Å². The van der Waals surface area contributed by atoms with Crippen molar-refractivity contribution in [3.05, 3.63) is 18.0 Å². The molecular weight excluding hydrogens is 174 g/mol. The van der Waals surface area contributed by atoms with Gasteiger partial charge in [0.05, 0.1) is 11.7 Å². The Labute approximate surface area is 85.3 Å². The van der Waals surface area contributed by atoms with Crippen molar-refractivity contribution in [1.82, 2.24) is 9.78 Å². The van der Waals surface area contributed by atoms with Gasteiger partial charge in [0.25, 0.3) is 0 Å². The van der Waals surface area contributed by atoms with Crippen molar-refractivity contribution in [3.63, 3.8) is 0 Å². The summed E-state index contributed by atoms with van der Waals surface area (Å²) in [6.45, 7) is 6.80. The number of aromatic nitrogens is 2. The van der Waals surface area contributed by atoms with E-state index in [1.807, 2.05) is 24.6 Å². The second-order valence-electron chi connectivity index (χ2n) is 3.91. The molecule has 2 N–H and O–H groups in total. The molecule has 0 spiro atoms. The third-order valence-electron chi connectivity index (χ3n) is 1.66. The normalized spacial score (nSPS) is 10.9. The number of nitrogens with zero attached hydrogens (tertiary/aromatic N) is 2. The highest BCUT2D eigenvalue weighted by molar-refractivity contribution is 5.30. The molecule has 1 aromatic heterocycles. The maximum Gasteiger partial charge on any atom is 0.111 e. The molecule has 0 atom stereocenters. The Balaban J connectivity index is 2.84. The minimum atomic E-state index is -0.443. The maximum absolute atomic E-state index is 5.77. The third kappa shape index (κ3) is 3.23. The first-order valence-electron chi connectivity index (χ1n) is 4.87. The maximum atomic E-state index is 5.77. The van der Waals surface area contributed by atoms with Gasteiger partial charge in [-0.3, -0.25) is 4.68 Å². The second-order valence-corrected chi connectivity index (χ2v) is 3.91. The van der Waals surface area contributed by atoms with Crippen LogP contribution in [0.25, 0.3) is 0 Å². The van der Waals surface area contributed by atoms with E-state index in [-0.39, 0.29) is 0 Å². The fraction of sp³-hybridized carbons (Fsp3) is 0.545. The molecule has 0 bridgehead atoms. The average molecular weight is 191 g/mol. The van der Waals surface area contributed by atoms with Gasteiger partial charge < -0.3 is 5.73 Å². The summed E-state index contributed by atoms with van der Waals surface area (Å²) in [4.78, 5) is 0. The highest BCUT2D eigenvalue weighted by Gasteiger charge is 2.04. The molecule has 0 fully saturated rings. The average Bonchev–Trinajstić information content (AvgIpc) is 2.48. The van der Waals surface area contributed by atoms with Crippen LogP contribution in [0.3, 0.4) is 0 Å². The third-order valence-corrected chi connectivity index (χ3v) is 1.66. The highest BCUT2D eigenvalue weighted by atomic mass is 15.3. The van der Waals surface area contributed by atoms with Crippen molar-refractivity contribution in [2.45, 2.75) is 39.3 Å². The van der Waals surface area contributed by atoms with Gasteiger partial charge in [-0.2, -0.15) is 5.10 Å². The molecule has 0 aromatic carbocycles. The summed E-state index contributed by atoms with van der Waals surface area (Å²) in [5.74, 6) is 6.03. The Morgan fingerprint density at radius 2 is 2.29 bits per heavy atom. The topological polar surface area (TPSA) is 43.8 Å². The molecule has 1 rings (SSSR count). The zero-order valence-corrected chi connectivity index (χ0v) is 9.04. The van der Waals surface area contributed by atoms with Crippen LogP contribution in [-0.2, 0) is 6.54 Å². The van der Waals surface area contributed by atoms with Crippen LogP contribution in [0.1, 0.15) is 32.9 Å². The molecule has 76 valence electrons. The predicted molar refractivity (Wildman–Crippen MR) is 57.7 cm³/mol. The number of hydrogen-bond donors (Lipinski definition) is 1. The Hall–Kier alpha value is -1.27. The lowest BCUT2D eigenvalue weighted by Gasteiger charge is -2.07. The molecule has 0 radical (unpaired) electrons. The predicted octanol–water partition coefficient (Wildman–Crippen LogP) is 1.38. The van der Waals surface area contributed by atoms with E-state index in [1.165, 1.54) is 0 Å². The minimum absolute atomic E-state index is 0.443. The van der Waals surface area contributed by atoms with E-state index in [2.05, 4.69) is 23.9 Å². The molecule has 1 aromatic rings. The molecule has 0 amide bonds. The largest absolute Gasteiger partial charge is 0.316 e. The number of rotatable bonds is 2. The molecule has 1 heterocycles. The monoisotopic (exact) mass is 191 g/mol. The highest BCUT2D eigenvalue weighted by Crippen LogP contribution is 2.00. The first-order valence-corrected chi connectivity index (χ1v) is 4.87. The van der Waals surface area contributed by atoms with Gasteiger partial charge in [0.1, 0.15) is 5.69 Å². The van der Waals surface area contributed by atoms with Crippen LogP contribution in [-0.4, -0.2) is 15.3 Å². The van der Waals surface area contributed by atoms with Crippen molar-refractivity contribution in [3.8, 4) is 11.8 Å². The Bertz CT molecular complexity index is 347. The van der Waals surface area contributed by atoms with E-state index in [0.717, 1.165) is 18.7 Å². The summed E-state index contributed by atoms with van der Waals surface area (Å²) in [5.41, 5.74) is 6.27. The SMILES string of the molecule is CCCn1nccc1C#CC(C)(C)N. The first-order chi connectivity index (χ1) is 6.53. The Kier molecular flexibility index (Phi) is 3.32. The summed E-state index contributed by atoms with van der Waals surface area (Å²) in [7, 11) is 0. The van der Waals surface area contributed by atoms with Crippen LogP contribution < -0.4 is 5.73 Å². The molecule has 3 nitrogen and oxygen atoms in total. The number of nitrogens with two attached hydrogens (primary N) is 1. The van der Waals surface area contributed by atoms with E-state index < -0.39 is 5.54 Å². The summed E-state index contributed by atoms with van der Waals surface area (Å²) in [6, 6.07) is 1.91. The molecule has 14 heavy (non-hydrogen) atoms. The van der Waals surface area contributed by atoms with Gasteiger partial charge in [-0.15, -0.1) is 0 Å². The van der Waals surface area contributed by atoms with Crippen LogP contribution >= 0.6 is 0 Å². The minimum Gasteiger partial charge on any atom is -0.316 e. The Morgan fingerprint density at radius 3 is 2.86 bits per heavy atom. The van der Waals surface area contributed by atoms with E-state index in [4.69, 9.17) is 5.73 Å². The fourth-order valence-corrected chi connectivity index (χ4v) is 1.05. The van der Waals surface area contributed by atoms with E-state index >= 15 is 0 Å². The molecular formula is C11H17N3. The van der Waals surface area contributed by atoms with E-state index in [0.29, 0.717) is 0 Å². The molecule has 0 unspecified atom stereocenters. The summed E-state index contributed by atoms with van der Waals surface area (Å²) in [6.07, 6.45) is 2.82. The molecule has 0 aliphatic rings. The number of hydrogen-bond acceptors (Lipinski definition) is 2. The standard InChI is InChI=1S/C11H17N3/c1-4-9-14-10(6-8-13-14)5-7-11(2,3)12/h6,8H,4,9,12H2,1-3H3. The lowest BCUT2D eigenvalue weighted by molar-refractivity contribution is 0.596. The molecule has 0 saturated heterocycles. The van der Waals surface area contributed by atoms with Gasteiger partial charge in [-0.05, 0) is 32.3 Å². The quantitative estimate of drug-likeness (QED) is 0.718. The first kappa shape index (κ1) is 10.8. The van der Waals surface area contributed by atoms with Crippen molar-refractivity contribution >= 4 is 0 Å². The van der Waals surface area contributed by atoms with Crippen LogP contribution in [0.15, 0.2) is 12.3 Å². The number of aryl methyl sites for hydroxylation is 1. The van der Waals surface area contributed by atoms with Crippen LogP contribution in [0, 0.1) is 11.8 Å². The smallest absolute Gasteiger partial charge is 0.111 e. The van der Waals surface area contributed by atoms with Gasteiger partial charge in [0, 0.05) is 6.54 Å². The zero-order chi connectivity index (χ0) is 10.6. The molecule has 3 heteroatoms. The zero-order valence-electron chi connectivity index (χ0n) is 9.04.